The van der Waals surface area contributed by atoms with Crippen LogP contribution in [0.25, 0.3) is 28.1 Å². The van der Waals surface area contributed by atoms with E-state index in [9.17, 15) is 13.2 Å². The van der Waals surface area contributed by atoms with Crippen LogP contribution in [-0.2, 0) is 6.18 Å². The van der Waals surface area contributed by atoms with Gasteiger partial charge in [-0.3, -0.25) is 4.40 Å². The molecular weight excluding hydrogens is 393 g/mol. The van der Waals surface area contributed by atoms with E-state index in [1.165, 1.54) is 19.2 Å². The van der Waals surface area contributed by atoms with Crippen LogP contribution in [-0.4, -0.2) is 26.5 Å². The Labute approximate surface area is 162 Å². The lowest BCUT2D eigenvalue weighted by Crippen LogP contribution is -2.09. The minimum absolute atomic E-state index is 0.00356. The van der Waals surface area contributed by atoms with Crippen molar-refractivity contribution in [3.63, 3.8) is 0 Å². The van der Waals surface area contributed by atoms with Gasteiger partial charge in [-0.15, -0.1) is 0 Å². The van der Waals surface area contributed by atoms with Gasteiger partial charge in [-0.1, -0.05) is 11.6 Å². The van der Waals surface area contributed by atoms with Crippen molar-refractivity contribution in [3.8, 4) is 17.3 Å². The van der Waals surface area contributed by atoms with Crippen molar-refractivity contribution in [2.45, 2.75) is 20.0 Å². The fourth-order valence-electron chi connectivity index (χ4n) is 3.31. The first-order chi connectivity index (χ1) is 13.2. The second kappa shape index (κ2) is 6.34. The van der Waals surface area contributed by atoms with Crippen LogP contribution in [0.2, 0.25) is 5.02 Å². The minimum atomic E-state index is -4.59. The molecule has 0 aliphatic carbocycles. The van der Waals surface area contributed by atoms with Crippen molar-refractivity contribution >= 4 is 28.3 Å². The maximum atomic E-state index is 13.7. The first-order valence-electron chi connectivity index (χ1n) is 8.28. The van der Waals surface area contributed by atoms with Crippen molar-refractivity contribution in [2.75, 3.05) is 7.11 Å². The molecule has 28 heavy (non-hydrogen) atoms. The average molecular weight is 407 g/mol. The molecule has 4 rings (SSSR count). The van der Waals surface area contributed by atoms with Gasteiger partial charge in [-0.2, -0.15) is 18.2 Å². The third kappa shape index (κ3) is 2.84. The Morgan fingerprint density at radius 1 is 1.00 bits per heavy atom. The Hall–Kier alpha value is -2.87. The molecule has 0 aliphatic rings. The molecule has 5 nitrogen and oxygen atoms in total. The number of rotatable bonds is 2. The summed E-state index contributed by atoms with van der Waals surface area (Å²) in [5.41, 5.74) is 1.72. The highest BCUT2D eigenvalue weighted by molar-refractivity contribution is 6.30. The highest BCUT2D eigenvalue weighted by atomic mass is 35.5. The molecule has 1 aromatic carbocycles. The largest absolute Gasteiger partial charge is 0.481 e. The lowest BCUT2D eigenvalue weighted by Gasteiger charge is -2.14. The number of methoxy groups -OCH3 is 1. The van der Waals surface area contributed by atoms with E-state index in [4.69, 9.17) is 16.3 Å². The summed E-state index contributed by atoms with van der Waals surface area (Å²) < 4.78 is 47.8. The van der Waals surface area contributed by atoms with Crippen LogP contribution in [0.3, 0.4) is 0 Å². The summed E-state index contributed by atoms with van der Waals surface area (Å²) in [6, 6.07) is 6.98. The van der Waals surface area contributed by atoms with E-state index in [1.54, 1.807) is 30.4 Å². The number of fused-ring (bicyclic) bond motifs is 3. The van der Waals surface area contributed by atoms with Crippen molar-refractivity contribution in [1.29, 1.82) is 0 Å². The molecule has 0 fully saturated rings. The zero-order valence-electron chi connectivity index (χ0n) is 15.1. The quantitative estimate of drug-likeness (QED) is 0.456. The van der Waals surface area contributed by atoms with Gasteiger partial charge in [0.15, 0.2) is 5.65 Å². The summed E-state index contributed by atoms with van der Waals surface area (Å²) in [6.45, 7) is 3.51. The van der Waals surface area contributed by atoms with Crippen LogP contribution in [0.5, 0.6) is 5.88 Å². The molecule has 0 N–H and O–H groups in total. The van der Waals surface area contributed by atoms with Gasteiger partial charge in [0.25, 0.3) is 0 Å². The Morgan fingerprint density at radius 3 is 2.39 bits per heavy atom. The van der Waals surface area contributed by atoms with E-state index < -0.39 is 11.7 Å². The van der Waals surface area contributed by atoms with Gasteiger partial charge in [0.2, 0.25) is 5.88 Å². The molecule has 0 radical (unpaired) electrons. The molecule has 0 spiro atoms. The topological polar surface area (TPSA) is 52.3 Å². The number of alkyl halides is 3. The molecule has 144 valence electrons. The standard InChI is InChI=1S/C19H14ClF3N4O/c1-9-16-10(2)25-17(12-5-4-11(20)8-13(12)19(21,22)23)27(16)18-14(24-9)6-7-15(26-18)28-3/h4-8H,1-3H3. The predicted molar refractivity (Wildman–Crippen MR) is 99.8 cm³/mol. The van der Waals surface area contributed by atoms with E-state index >= 15 is 0 Å². The Balaban J connectivity index is 2.18. The van der Waals surface area contributed by atoms with Crippen LogP contribution >= 0.6 is 11.6 Å². The second-order valence-corrected chi connectivity index (χ2v) is 6.72. The zero-order chi connectivity index (χ0) is 20.2. The second-order valence-electron chi connectivity index (χ2n) is 6.29. The maximum absolute atomic E-state index is 13.7. The van der Waals surface area contributed by atoms with Gasteiger partial charge in [0.1, 0.15) is 11.3 Å². The highest BCUT2D eigenvalue weighted by Gasteiger charge is 2.35. The van der Waals surface area contributed by atoms with Gasteiger partial charge in [0, 0.05) is 16.7 Å². The average Bonchev–Trinajstić information content (AvgIpc) is 2.99. The van der Waals surface area contributed by atoms with E-state index in [2.05, 4.69) is 15.0 Å². The molecule has 3 heterocycles. The van der Waals surface area contributed by atoms with Crippen LogP contribution in [0, 0.1) is 13.8 Å². The molecule has 9 heteroatoms. The fourth-order valence-corrected chi connectivity index (χ4v) is 3.48. The normalized spacial score (nSPS) is 12.1. The van der Waals surface area contributed by atoms with E-state index in [0.29, 0.717) is 33.9 Å². The van der Waals surface area contributed by atoms with E-state index in [-0.39, 0.29) is 16.4 Å². The number of aromatic nitrogens is 4. The van der Waals surface area contributed by atoms with E-state index in [1.807, 2.05) is 0 Å². The van der Waals surface area contributed by atoms with Gasteiger partial charge >= 0.3 is 6.18 Å². The first-order valence-corrected chi connectivity index (χ1v) is 8.66. The van der Waals surface area contributed by atoms with Gasteiger partial charge in [-0.05, 0) is 38.1 Å². The van der Waals surface area contributed by atoms with Gasteiger partial charge in [0.05, 0.1) is 29.6 Å². The maximum Gasteiger partial charge on any atom is 0.417 e. The molecule has 0 amide bonds. The lowest BCUT2D eigenvalue weighted by molar-refractivity contribution is -0.137. The number of hydrogen-bond acceptors (Lipinski definition) is 4. The summed E-state index contributed by atoms with van der Waals surface area (Å²) in [5, 5.41) is -0.00356. The molecule has 0 bridgehead atoms. The molecule has 0 aliphatic heterocycles. The summed E-state index contributed by atoms with van der Waals surface area (Å²) in [4.78, 5) is 13.3. The van der Waals surface area contributed by atoms with Gasteiger partial charge in [-0.25, -0.2) is 9.97 Å². The Bertz CT molecular complexity index is 1230. The number of aryl methyl sites for hydroxylation is 2. The number of pyridine rings is 1. The Kier molecular flexibility index (Phi) is 4.19. The number of halogens is 4. The number of ether oxygens (including phenoxy) is 1. The number of imidazole rings is 1. The minimum Gasteiger partial charge on any atom is -0.481 e. The monoisotopic (exact) mass is 406 g/mol. The third-order valence-corrected chi connectivity index (χ3v) is 4.70. The van der Waals surface area contributed by atoms with Crippen LogP contribution in [0.1, 0.15) is 17.0 Å². The van der Waals surface area contributed by atoms with Crippen molar-refractivity contribution < 1.29 is 17.9 Å². The molecule has 0 atom stereocenters. The van der Waals surface area contributed by atoms with Crippen LogP contribution in [0.15, 0.2) is 30.3 Å². The van der Waals surface area contributed by atoms with Crippen molar-refractivity contribution in [2.24, 2.45) is 0 Å². The molecular formula is C19H14ClF3N4O. The SMILES string of the molecule is COc1ccc2nc(C)c3c(C)nc(-c4ccc(Cl)cc4C(F)(F)F)n3c2n1. The van der Waals surface area contributed by atoms with Crippen molar-refractivity contribution in [1.82, 2.24) is 19.4 Å². The Morgan fingerprint density at radius 2 is 1.71 bits per heavy atom. The molecule has 4 aromatic rings. The molecule has 0 saturated carbocycles. The fraction of sp³-hybridized carbons (Fsp3) is 0.211. The lowest BCUT2D eigenvalue weighted by atomic mass is 10.1. The van der Waals surface area contributed by atoms with Crippen LogP contribution < -0.4 is 4.74 Å². The van der Waals surface area contributed by atoms with Gasteiger partial charge < -0.3 is 4.74 Å². The predicted octanol–water partition coefficient (Wildman–Crippen LogP) is 5.24. The first kappa shape index (κ1) is 18.5. The van der Waals surface area contributed by atoms with Crippen molar-refractivity contribution in [3.05, 3.63) is 52.3 Å². The summed E-state index contributed by atoms with van der Waals surface area (Å²) >= 11 is 5.83. The number of benzene rings is 1. The summed E-state index contributed by atoms with van der Waals surface area (Å²) in [6.07, 6.45) is -4.59. The number of nitrogens with zero attached hydrogens (tertiary/aromatic N) is 4. The highest BCUT2D eigenvalue weighted by Crippen LogP contribution is 2.39. The smallest absolute Gasteiger partial charge is 0.417 e. The zero-order valence-corrected chi connectivity index (χ0v) is 15.9. The molecule has 0 unspecified atom stereocenters. The number of hydrogen-bond donors (Lipinski definition) is 0. The molecule has 3 aromatic heterocycles. The molecule has 0 saturated heterocycles. The summed E-state index contributed by atoms with van der Waals surface area (Å²) in [5.74, 6) is 0.441. The summed E-state index contributed by atoms with van der Waals surface area (Å²) in [7, 11) is 1.47. The third-order valence-electron chi connectivity index (χ3n) is 4.46. The van der Waals surface area contributed by atoms with Crippen LogP contribution in [0.4, 0.5) is 13.2 Å². The van der Waals surface area contributed by atoms with E-state index in [0.717, 1.165) is 6.07 Å².